The van der Waals surface area contributed by atoms with Crippen LogP contribution in [0.3, 0.4) is 0 Å². The zero-order valence-corrected chi connectivity index (χ0v) is 17.3. The van der Waals surface area contributed by atoms with Crippen LogP contribution in [0.2, 0.25) is 10.0 Å². The molecule has 1 aliphatic heterocycles. The number of rotatable bonds is 7. The SMILES string of the molecule is COCCN1C(=O)S/C(=C/c2ccccc2OCc2ccc(Cl)cc2Cl)C1=O. The van der Waals surface area contributed by atoms with E-state index < -0.39 is 0 Å². The van der Waals surface area contributed by atoms with E-state index in [1.165, 1.54) is 12.0 Å². The first-order valence-corrected chi connectivity index (χ1v) is 9.97. The molecule has 146 valence electrons. The Morgan fingerprint density at radius 2 is 1.93 bits per heavy atom. The molecule has 0 bridgehead atoms. The molecule has 8 heteroatoms. The zero-order valence-electron chi connectivity index (χ0n) is 15.0. The average molecular weight is 438 g/mol. The standard InChI is InChI=1S/C20H17Cl2NO4S/c1-26-9-8-23-19(24)18(28-20(23)25)10-13-4-2-3-5-17(13)27-12-14-6-7-15(21)11-16(14)22/h2-7,10-11H,8-9,12H2,1H3/b18-10+. The van der Waals surface area contributed by atoms with Crippen molar-refractivity contribution >= 4 is 52.2 Å². The molecule has 2 aromatic carbocycles. The van der Waals surface area contributed by atoms with Crippen LogP contribution in [0.4, 0.5) is 4.79 Å². The van der Waals surface area contributed by atoms with Crippen LogP contribution in [0.1, 0.15) is 11.1 Å². The van der Waals surface area contributed by atoms with E-state index in [1.54, 1.807) is 30.3 Å². The lowest BCUT2D eigenvalue weighted by molar-refractivity contribution is -0.123. The summed E-state index contributed by atoms with van der Waals surface area (Å²) in [5, 5.41) is 0.766. The normalized spacial score (nSPS) is 15.5. The highest BCUT2D eigenvalue weighted by Crippen LogP contribution is 2.34. The van der Waals surface area contributed by atoms with Gasteiger partial charge in [-0.1, -0.05) is 47.5 Å². The van der Waals surface area contributed by atoms with Crippen LogP contribution in [0.15, 0.2) is 47.4 Å². The van der Waals surface area contributed by atoms with Crippen molar-refractivity contribution in [3.8, 4) is 5.75 Å². The van der Waals surface area contributed by atoms with Crippen LogP contribution < -0.4 is 4.74 Å². The van der Waals surface area contributed by atoms with Crippen LogP contribution >= 0.6 is 35.0 Å². The molecule has 0 spiro atoms. The third kappa shape index (κ3) is 4.89. The molecule has 1 aliphatic rings. The Morgan fingerprint density at radius 1 is 1.14 bits per heavy atom. The molecule has 0 radical (unpaired) electrons. The zero-order chi connectivity index (χ0) is 20.1. The number of methoxy groups -OCH3 is 1. The van der Waals surface area contributed by atoms with E-state index in [1.807, 2.05) is 18.2 Å². The first-order valence-electron chi connectivity index (χ1n) is 8.39. The Labute approximate surface area is 177 Å². The van der Waals surface area contributed by atoms with Gasteiger partial charge in [0.15, 0.2) is 0 Å². The largest absolute Gasteiger partial charge is 0.488 e. The number of para-hydroxylation sites is 1. The van der Waals surface area contributed by atoms with Gasteiger partial charge in [0.05, 0.1) is 18.1 Å². The van der Waals surface area contributed by atoms with Gasteiger partial charge in [-0.25, -0.2) is 0 Å². The molecule has 1 heterocycles. The van der Waals surface area contributed by atoms with E-state index in [0.29, 0.717) is 32.9 Å². The third-order valence-corrected chi connectivity index (χ3v) is 5.49. The molecule has 1 fully saturated rings. The number of amides is 2. The Hall–Kier alpha value is -1.99. The molecule has 0 unspecified atom stereocenters. The van der Waals surface area contributed by atoms with Crippen molar-refractivity contribution in [3.63, 3.8) is 0 Å². The van der Waals surface area contributed by atoms with E-state index in [-0.39, 0.29) is 24.3 Å². The van der Waals surface area contributed by atoms with E-state index in [0.717, 1.165) is 17.3 Å². The highest BCUT2D eigenvalue weighted by Gasteiger charge is 2.34. The Kier molecular flexibility index (Phi) is 7.02. The lowest BCUT2D eigenvalue weighted by Gasteiger charge is -2.12. The van der Waals surface area contributed by atoms with Crippen LogP contribution in [-0.4, -0.2) is 36.3 Å². The van der Waals surface area contributed by atoms with Gasteiger partial charge < -0.3 is 9.47 Å². The first kappa shape index (κ1) is 20.7. The first-order chi connectivity index (χ1) is 13.5. The minimum Gasteiger partial charge on any atom is -0.488 e. The van der Waals surface area contributed by atoms with Gasteiger partial charge in [-0.05, 0) is 36.0 Å². The van der Waals surface area contributed by atoms with Crippen molar-refractivity contribution in [2.24, 2.45) is 0 Å². The molecular weight excluding hydrogens is 421 g/mol. The van der Waals surface area contributed by atoms with Crippen LogP contribution in [0.25, 0.3) is 6.08 Å². The smallest absolute Gasteiger partial charge is 0.293 e. The van der Waals surface area contributed by atoms with Crippen molar-refractivity contribution < 1.29 is 19.1 Å². The van der Waals surface area contributed by atoms with Gasteiger partial charge in [0.1, 0.15) is 12.4 Å². The fourth-order valence-corrected chi connectivity index (χ4v) is 3.86. The molecule has 0 saturated carbocycles. The Morgan fingerprint density at radius 3 is 2.68 bits per heavy atom. The van der Waals surface area contributed by atoms with Crippen molar-refractivity contribution in [2.75, 3.05) is 20.3 Å². The van der Waals surface area contributed by atoms with Gasteiger partial charge in [-0.15, -0.1) is 0 Å². The third-order valence-electron chi connectivity index (χ3n) is 4.00. The molecule has 2 amide bonds. The molecule has 0 N–H and O–H groups in total. The maximum Gasteiger partial charge on any atom is 0.293 e. The maximum atomic E-state index is 12.5. The second-order valence-electron chi connectivity index (χ2n) is 5.89. The minimum absolute atomic E-state index is 0.228. The summed E-state index contributed by atoms with van der Waals surface area (Å²) in [5.74, 6) is 0.250. The minimum atomic E-state index is -0.331. The lowest BCUT2D eigenvalue weighted by Crippen LogP contribution is -2.31. The molecule has 0 aromatic heterocycles. The predicted octanol–water partition coefficient (Wildman–Crippen LogP) is 5.26. The van der Waals surface area contributed by atoms with E-state index in [4.69, 9.17) is 32.7 Å². The number of halogens is 2. The number of benzene rings is 2. The van der Waals surface area contributed by atoms with Gasteiger partial charge in [-0.3, -0.25) is 14.5 Å². The summed E-state index contributed by atoms with van der Waals surface area (Å²) in [4.78, 5) is 26.1. The number of thioether (sulfide) groups is 1. The van der Waals surface area contributed by atoms with Crippen molar-refractivity contribution in [1.29, 1.82) is 0 Å². The van der Waals surface area contributed by atoms with Gasteiger partial charge in [0.25, 0.3) is 11.1 Å². The molecule has 1 saturated heterocycles. The Balaban J connectivity index is 1.78. The predicted molar refractivity (Wildman–Crippen MR) is 112 cm³/mol. The van der Waals surface area contributed by atoms with Crippen LogP contribution in [-0.2, 0) is 16.1 Å². The highest BCUT2D eigenvalue weighted by molar-refractivity contribution is 8.18. The summed E-state index contributed by atoms with van der Waals surface area (Å²) in [5.41, 5.74) is 1.49. The summed E-state index contributed by atoms with van der Waals surface area (Å²) < 4.78 is 10.8. The molecule has 3 rings (SSSR count). The summed E-state index contributed by atoms with van der Waals surface area (Å²) >= 11 is 13.0. The molecule has 5 nitrogen and oxygen atoms in total. The van der Waals surface area contributed by atoms with Gasteiger partial charge in [0, 0.05) is 28.3 Å². The molecule has 0 aliphatic carbocycles. The van der Waals surface area contributed by atoms with Crippen molar-refractivity contribution in [2.45, 2.75) is 6.61 Å². The van der Waals surface area contributed by atoms with Crippen molar-refractivity contribution in [3.05, 3.63) is 68.5 Å². The topological polar surface area (TPSA) is 55.8 Å². The lowest BCUT2D eigenvalue weighted by atomic mass is 10.1. The number of carbonyl (C=O) groups is 2. The average Bonchev–Trinajstić information content (AvgIpc) is 2.93. The van der Waals surface area contributed by atoms with Gasteiger partial charge in [0.2, 0.25) is 0 Å². The number of nitrogens with zero attached hydrogens (tertiary/aromatic N) is 1. The highest BCUT2D eigenvalue weighted by atomic mass is 35.5. The van der Waals surface area contributed by atoms with Crippen LogP contribution in [0.5, 0.6) is 5.75 Å². The number of carbonyl (C=O) groups excluding carboxylic acids is 2. The van der Waals surface area contributed by atoms with E-state index >= 15 is 0 Å². The number of ether oxygens (including phenoxy) is 2. The van der Waals surface area contributed by atoms with Gasteiger partial charge in [-0.2, -0.15) is 0 Å². The summed E-state index contributed by atoms with van der Waals surface area (Å²) in [6.45, 7) is 0.773. The fraction of sp³-hybridized carbons (Fsp3) is 0.200. The second-order valence-corrected chi connectivity index (χ2v) is 7.73. The van der Waals surface area contributed by atoms with E-state index in [2.05, 4.69) is 0 Å². The number of imide groups is 1. The fourth-order valence-electron chi connectivity index (χ4n) is 2.54. The summed E-state index contributed by atoms with van der Waals surface area (Å²) in [6, 6.07) is 12.5. The molecular formula is C20H17Cl2NO4S. The Bertz CT molecular complexity index is 932. The monoisotopic (exact) mass is 437 g/mol. The molecule has 0 atom stereocenters. The number of hydrogen-bond donors (Lipinski definition) is 0. The summed E-state index contributed by atoms with van der Waals surface area (Å²) in [6.07, 6.45) is 1.66. The molecule has 2 aromatic rings. The maximum absolute atomic E-state index is 12.5. The number of hydrogen-bond acceptors (Lipinski definition) is 5. The second kappa shape index (κ2) is 9.47. The quantitative estimate of drug-likeness (QED) is 0.553. The van der Waals surface area contributed by atoms with E-state index in [9.17, 15) is 9.59 Å². The molecule has 28 heavy (non-hydrogen) atoms. The van der Waals surface area contributed by atoms with Crippen LogP contribution in [0, 0.1) is 0 Å². The van der Waals surface area contributed by atoms with Crippen molar-refractivity contribution in [1.82, 2.24) is 4.90 Å². The van der Waals surface area contributed by atoms with Gasteiger partial charge >= 0.3 is 0 Å². The summed E-state index contributed by atoms with van der Waals surface area (Å²) in [7, 11) is 1.52.